The SMILES string of the molecule is [CH]c1cc(OC(=O)CCCCCCCCCCCCCCCCC)ccc1OC(=O)CCCCCCCCCCCCCCCCC. The summed E-state index contributed by atoms with van der Waals surface area (Å²) in [6.45, 7) is 10.6. The molecular weight excluding hydrogens is 580 g/mol. The zero-order valence-electron chi connectivity index (χ0n) is 31.1. The Hall–Kier alpha value is -1.84. The third-order valence-electron chi connectivity index (χ3n) is 9.41. The largest absolute Gasteiger partial charge is 0.427 e. The lowest BCUT2D eigenvalue weighted by Crippen LogP contribution is -2.10. The van der Waals surface area contributed by atoms with Crippen molar-refractivity contribution < 1.29 is 19.1 Å². The predicted octanol–water partition coefficient (Wildman–Crippen LogP) is 14.1. The highest BCUT2D eigenvalue weighted by atomic mass is 16.5. The van der Waals surface area contributed by atoms with Gasteiger partial charge in [-0.1, -0.05) is 194 Å². The first-order chi connectivity index (χ1) is 23.1. The first-order valence-corrected chi connectivity index (χ1v) is 20.4. The second-order valence-electron chi connectivity index (χ2n) is 14.0. The van der Waals surface area contributed by atoms with Gasteiger partial charge < -0.3 is 9.47 Å². The molecule has 0 amide bonds. The molecule has 1 rings (SSSR count). The Labute approximate surface area is 291 Å². The number of carbonyl (C=O) groups is 2. The molecule has 1 aromatic carbocycles. The fourth-order valence-corrected chi connectivity index (χ4v) is 6.32. The number of unbranched alkanes of at least 4 members (excludes halogenated alkanes) is 28. The zero-order valence-corrected chi connectivity index (χ0v) is 31.1. The normalized spacial score (nSPS) is 11.2. The minimum Gasteiger partial charge on any atom is -0.427 e. The number of carbonyl (C=O) groups excluding carboxylic acids is 2. The third-order valence-corrected chi connectivity index (χ3v) is 9.41. The Bertz CT molecular complexity index is 863. The van der Waals surface area contributed by atoms with E-state index in [0.717, 1.165) is 25.7 Å². The maximum Gasteiger partial charge on any atom is 0.311 e. The average Bonchev–Trinajstić information content (AvgIpc) is 3.06. The highest BCUT2D eigenvalue weighted by Crippen LogP contribution is 2.25. The lowest BCUT2D eigenvalue weighted by molar-refractivity contribution is -0.135. The van der Waals surface area contributed by atoms with Gasteiger partial charge in [-0.15, -0.1) is 0 Å². The van der Waals surface area contributed by atoms with Crippen LogP contribution in [0.2, 0.25) is 0 Å². The van der Waals surface area contributed by atoms with Gasteiger partial charge in [-0.05, 0) is 31.0 Å². The summed E-state index contributed by atoms with van der Waals surface area (Å²) in [6.07, 6.45) is 39.7. The van der Waals surface area contributed by atoms with E-state index in [4.69, 9.17) is 16.4 Å². The van der Waals surface area contributed by atoms with Gasteiger partial charge in [0, 0.05) is 25.3 Å². The van der Waals surface area contributed by atoms with Crippen LogP contribution < -0.4 is 9.47 Å². The highest BCUT2D eigenvalue weighted by molar-refractivity contribution is 5.74. The molecule has 0 heterocycles. The molecule has 0 N–H and O–H groups in total. The second kappa shape index (κ2) is 32.7. The van der Waals surface area contributed by atoms with Crippen molar-refractivity contribution in [2.45, 2.75) is 219 Å². The van der Waals surface area contributed by atoms with Crippen LogP contribution in [0.25, 0.3) is 0 Å². The first kappa shape index (κ1) is 43.2. The van der Waals surface area contributed by atoms with Gasteiger partial charge in [0.1, 0.15) is 11.5 Å². The topological polar surface area (TPSA) is 52.6 Å². The van der Waals surface area contributed by atoms with Gasteiger partial charge >= 0.3 is 11.9 Å². The second-order valence-corrected chi connectivity index (χ2v) is 14.0. The van der Waals surface area contributed by atoms with Gasteiger partial charge in [0.2, 0.25) is 0 Å². The molecule has 0 aromatic heterocycles. The number of benzene rings is 1. The molecule has 2 radical (unpaired) electrons. The van der Waals surface area contributed by atoms with Crippen LogP contribution in [0.5, 0.6) is 11.5 Å². The average molecular weight is 655 g/mol. The predicted molar refractivity (Wildman–Crippen MR) is 200 cm³/mol. The Morgan fingerprint density at radius 1 is 0.447 bits per heavy atom. The lowest BCUT2D eigenvalue weighted by atomic mass is 10.0. The maximum absolute atomic E-state index is 12.3. The van der Waals surface area contributed by atoms with Crippen LogP contribution in [-0.4, -0.2) is 11.9 Å². The van der Waals surface area contributed by atoms with Crippen LogP contribution in [0.3, 0.4) is 0 Å². The van der Waals surface area contributed by atoms with Crippen molar-refractivity contribution in [3.8, 4) is 11.5 Å². The van der Waals surface area contributed by atoms with E-state index in [2.05, 4.69) is 13.8 Å². The number of esters is 2. The van der Waals surface area contributed by atoms with Crippen LogP contribution in [0.1, 0.15) is 225 Å². The van der Waals surface area contributed by atoms with Gasteiger partial charge in [-0.25, -0.2) is 0 Å². The maximum atomic E-state index is 12.3. The van der Waals surface area contributed by atoms with Crippen LogP contribution in [0.4, 0.5) is 0 Å². The summed E-state index contributed by atoms with van der Waals surface area (Å²) in [4.78, 5) is 24.6. The van der Waals surface area contributed by atoms with E-state index in [0.29, 0.717) is 29.9 Å². The summed E-state index contributed by atoms with van der Waals surface area (Å²) >= 11 is 0. The van der Waals surface area contributed by atoms with E-state index in [1.54, 1.807) is 18.2 Å². The van der Waals surface area contributed by atoms with Crippen molar-refractivity contribution in [1.29, 1.82) is 0 Å². The molecule has 270 valence electrons. The molecule has 0 atom stereocenters. The van der Waals surface area contributed by atoms with Crippen molar-refractivity contribution in [3.05, 3.63) is 30.7 Å². The summed E-state index contributed by atoms with van der Waals surface area (Å²) in [5.41, 5.74) is 0.312. The summed E-state index contributed by atoms with van der Waals surface area (Å²) in [7, 11) is 0. The smallest absolute Gasteiger partial charge is 0.311 e. The first-order valence-electron chi connectivity index (χ1n) is 20.4. The molecule has 0 bridgehead atoms. The van der Waals surface area contributed by atoms with Gasteiger partial charge in [0.15, 0.2) is 0 Å². The number of rotatable bonds is 34. The van der Waals surface area contributed by atoms with E-state index in [-0.39, 0.29) is 11.9 Å². The van der Waals surface area contributed by atoms with Crippen molar-refractivity contribution in [2.24, 2.45) is 0 Å². The molecule has 0 aliphatic heterocycles. The van der Waals surface area contributed by atoms with E-state index >= 15 is 0 Å². The van der Waals surface area contributed by atoms with Gasteiger partial charge in [-0.3, -0.25) is 9.59 Å². The van der Waals surface area contributed by atoms with Crippen molar-refractivity contribution >= 4 is 11.9 Å². The monoisotopic (exact) mass is 655 g/mol. The van der Waals surface area contributed by atoms with Crippen molar-refractivity contribution in [1.82, 2.24) is 0 Å². The summed E-state index contributed by atoms with van der Waals surface area (Å²) < 4.78 is 11.0. The summed E-state index contributed by atoms with van der Waals surface area (Å²) in [5.74, 6) is 0.232. The Kier molecular flexibility index (Phi) is 30.0. The zero-order chi connectivity index (χ0) is 34.0. The highest BCUT2D eigenvalue weighted by Gasteiger charge is 2.11. The van der Waals surface area contributed by atoms with Crippen LogP contribution in [0.15, 0.2) is 18.2 Å². The minimum absolute atomic E-state index is 0.239. The Balaban J connectivity index is 1.99. The van der Waals surface area contributed by atoms with Gasteiger partial charge in [0.05, 0.1) is 0 Å². The number of hydrogen-bond donors (Lipinski definition) is 0. The molecule has 0 fully saturated rings. The van der Waals surface area contributed by atoms with Crippen LogP contribution in [0, 0.1) is 6.92 Å². The van der Waals surface area contributed by atoms with E-state index < -0.39 is 0 Å². The van der Waals surface area contributed by atoms with Crippen LogP contribution >= 0.6 is 0 Å². The molecule has 0 saturated carbocycles. The molecule has 1 aromatic rings. The van der Waals surface area contributed by atoms with E-state index in [1.165, 1.54) is 167 Å². The van der Waals surface area contributed by atoms with Crippen LogP contribution in [-0.2, 0) is 9.59 Å². The Morgan fingerprint density at radius 3 is 1.06 bits per heavy atom. The molecule has 0 saturated heterocycles. The fraction of sp³-hybridized carbons (Fsp3) is 0.791. The standard InChI is InChI=1S/C43H74O4/c1-4-6-8-10-12-14-16-18-20-22-24-26-28-30-32-34-42(44)46-40-36-37-41(39(3)38-40)47-43(45)35-33-31-29-27-25-23-21-19-17-15-13-11-9-7-5-2/h3,36-38H,4-35H2,1-2H3. The van der Waals surface area contributed by atoms with E-state index in [9.17, 15) is 9.59 Å². The van der Waals surface area contributed by atoms with E-state index in [1.807, 2.05) is 0 Å². The molecule has 4 nitrogen and oxygen atoms in total. The van der Waals surface area contributed by atoms with Gasteiger partial charge in [0.25, 0.3) is 0 Å². The molecule has 0 aliphatic carbocycles. The summed E-state index contributed by atoms with van der Waals surface area (Å²) in [6, 6.07) is 4.84. The molecule has 0 spiro atoms. The lowest BCUT2D eigenvalue weighted by Gasteiger charge is -2.10. The molecule has 4 heteroatoms. The van der Waals surface area contributed by atoms with Crippen molar-refractivity contribution in [3.63, 3.8) is 0 Å². The number of ether oxygens (including phenoxy) is 2. The molecule has 0 unspecified atom stereocenters. The minimum atomic E-state index is -0.260. The fourth-order valence-electron chi connectivity index (χ4n) is 6.32. The molecule has 0 aliphatic rings. The Morgan fingerprint density at radius 2 is 0.745 bits per heavy atom. The van der Waals surface area contributed by atoms with Crippen molar-refractivity contribution in [2.75, 3.05) is 0 Å². The summed E-state index contributed by atoms with van der Waals surface area (Å²) in [5, 5.41) is 0. The third kappa shape index (κ3) is 27.8. The molecule has 47 heavy (non-hydrogen) atoms. The molecular formula is C43H74O4. The quantitative estimate of drug-likeness (QED) is 0.0421. The van der Waals surface area contributed by atoms with Gasteiger partial charge in [-0.2, -0.15) is 0 Å². The number of hydrogen-bond acceptors (Lipinski definition) is 4.